The summed E-state index contributed by atoms with van der Waals surface area (Å²) in [7, 11) is 1.61. The summed E-state index contributed by atoms with van der Waals surface area (Å²) in [6, 6.07) is 19.2. The number of benzene rings is 3. The molecule has 1 amide bonds. The molecule has 2 heterocycles. The van der Waals surface area contributed by atoms with Crippen molar-refractivity contribution in [2.75, 3.05) is 12.0 Å². The van der Waals surface area contributed by atoms with Crippen molar-refractivity contribution in [1.82, 2.24) is 15.0 Å². The predicted molar refractivity (Wildman–Crippen MR) is 122 cm³/mol. The molecule has 5 rings (SSSR count). The van der Waals surface area contributed by atoms with E-state index >= 15 is 0 Å². The molecule has 2 atom stereocenters. The Morgan fingerprint density at radius 3 is 2.41 bits per heavy atom. The standard InChI is InChI=1S/C25H21FN4O4/c1-33-21-12-4-16(5-13-21)22-14-29(28-27-22)15-23-24(17-2-10-20(31)11-3-17)30(25(32)34-23)19-8-6-18(26)7-9-19/h2-14,23-24,31H,15H2,1H3/t23-,24?/m1/s1. The Labute approximate surface area is 194 Å². The number of phenols is 1. The zero-order valence-corrected chi connectivity index (χ0v) is 18.2. The minimum Gasteiger partial charge on any atom is -0.508 e. The average Bonchev–Trinajstić information content (AvgIpc) is 3.44. The molecule has 1 aromatic heterocycles. The van der Waals surface area contributed by atoms with Gasteiger partial charge in [0.2, 0.25) is 0 Å². The van der Waals surface area contributed by atoms with Gasteiger partial charge in [-0.15, -0.1) is 5.10 Å². The van der Waals surface area contributed by atoms with Gasteiger partial charge in [0.1, 0.15) is 35.2 Å². The zero-order chi connectivity index (χ0) is 23.7. The Balaban J connectivity index is 1.45. The molecule has 1 aliphatic rings. The fourth-order valence-corrected chi connectivity index (χ4v) is 4.04. The second-order valence-electron chi connectivity index (χ2n) is 7.86. The van der Waals surface area contributed by atoms with Crippen molar-refractivity contribution in [3.05, 3.63) is 90.4 Å². The van der Waals surface area contributed by atoms with Crippen molar-refractivity contribution in [3.8, 4) is 22.8 Å². The summed E-state index contributed by atoms with van der Waals surface area (Å²) in [4.78, 5) is 14.4. The molecular weight excluding hydrogens is 439 g/mol. The number of cyclic esters (lactones) is 1. The number of carbonyl (C=O) groups excluding carboxylic acids is 1. The highest BCUT2D eigenvalue weighted by Gasteiger charge is 2.44. The van der Waals surface area contributed by atoms with Gasteiger partial charge in [-0.3, -0.25) is 4.90 Å². The number of methoxy groups -OCH3 is 1. The summed E-state index contributed by atoms with van der Waals surface area (Å²) < 4.78 is 26.0. The fraction of sp³-hybridized carbons (Fsp3) is 0.160. The average molecular weight is 460 g/mol. The summed E-state index contributed by atoms with van der Waals surface area (Å²) in [6.45, 7) is 0.248. The largest absolute Gasteiger partial charge is 0.508 e. The van der Waals surface area contributed by atoms with Crippen LogP contribution >= 0.6 is 0 Å². The molecule has 0 spiro atoms. The van der Waals surface area contributed by atoms with Gasteiger partial charge in [-0.05, 0) is 66.2 Å². The minimum atomic E-state index is -0.604. The summed E-state index contributed by atoms with van der Waals surface area (Å²) in [5.41, 5.74) is 2.81. The lowest BCUT2D eigenvalue weighted by molar-refractivity contribution is 0.117. The smallest absolute Gasteiger partial charge is 0.415 e. The van der Waals surface area contributed by atoms with Crippen molar-refractivity contribution in [1.29, 1.82) is 0 Å². The first-order valence-electron chi connectivity index (χ1n) is 10.6. The molecule has 1 N–H and O–H groups in total. The molecule has 0 saturated carbocycles. The highest BCUT2D eigenvalue weighted by molar-refractivity contribution is 5.91. The summed E-state index contributed by atoms with van der Waals surface area (Å²) >= 11 is 0. The molecule has 1 aliphatic heterocycles. The zero-order valence-electron chi connectivity index (χ0n) is 18.2. The van der Waals surface area contributed by atoms with Crippen LogP contribution in [0.2, 0.25) is 0 Å². The van der Waals surface area contributed by atoms with E-state index in [1.807, 2.05) is 24.3 Å². The van der Waals surface area contributed by atoms with Gasteiger partial charge in [-0.25, -0.2) is 13.9 Å². The van der Waals surface area contributed by atoms with Gasteiger partial charge < -0.3 is 14.6 Å². The Morgan fingerprint density at radius 1 is 1.03 bits per heavy atom. The van der Waals surface area contributed by atoms with Crippen molar-refractivity contribution in [2.45, 2.75) is 18.7 Å². The van der Waals surface area contributed by atoms with Crippen LogP contribution in [0.4, 0.5) is 14.9 Å². The third kappa shape index (κ3) is 4.15. The Morgan fingerprint density at radius 2 is 1.74 bits per heavy atom. The van der Waals surface area contributed by atoms with E-state index in [1.165, 1.54) is 29.2 Å². The van der Waals surface area contributed by atoms with Crippen LogP contribution in [-0.4, -0.2) is 39.4 Å². The second-order valence-corrected chi connectivity index (χ2v) is 7.86. The van der Waals surface area contributed by atoms with Gasteiger partial charge >= 0.3 is 6.09 Å². The Kier molecular flexibility index (Phi) is 5.59. The number of hydrogen-bond donors (Lipinski definition) is 1. The van der Waals surface area contributed by atoms with E-state index in [-0.39, 0.29) is 12.3 Å². The van der Waals surface area contributed by atoms with E-state index < -0.39 is 24.1 Å². The summed E-state index contributed by atoms with van der Waals surface area (Å²) in [6.07, 6.45) is 0.627. The van der Waals surface area contributed by atoms with E-state index in [0.717, 1.165) is 16.9 Å². The summed E-state index contributed by atoms with van der Waals surface area (Å²) in [5, 5.41) is 18.2. The number of carbonyl (C=O) groups is 1. The number of nitrogens with zero attached hydrogens (tertiary/aromatic N) is 4. The van der Waals surface area contributed by atoms with Crippen LogP contribution in [-0.2, 0) is 11.3 Å². The molecule has 1 saturated heterocycles. The molecule has 1 fully saturated rings. The first-order chi connectivity index (χ1) is 16.5. The maximum absolute atomic E-state index is 13.5. The molecule has 1 unspecified atom stereocenters. The molecule has 0 aliphatic carbocycles. The van der Waals surface area contributed by atoms with Crippen LogP contribution in [0.15, 0.2) is 79.0 Å². The number of anilines is 1. The molecule has 0 bridgehead atoms. The fourth-order valence-electron chi connectivity index (χ4n) is 4.04. The Bertz CT molecular complexity index is 1290. The third-order valence-electron chi connectivity index (χ3n) is 5.71. The van der Waals surface area contributed by atoms with Gasteiger partial charge in [0.25, 0.3) is 0 Å². The molecular formula is C25H21FN4O4. The molecule has 8 nitrogen and oxygen atoms in total. The molecule has 3 aromatic carbocycles. The van der Waals surface area contributed by atoms with Crippen LogP contribution in [0, 0.1) is 5.82 Å². The topological polar surface area (TPSA) is 89.7 Å². The predicted octanol–water partition coefficient (Wildman–Crippen LogP) is 4.57. The van der Waals surface area contributed by atoms with E-state index in [1.54, 1.807) is 42.3 Å². The number of ether oxygens (including phenoxy) is 2. The van der Waals surface area contributed by atoms with Crippen molar-refractivity contribution in [3.63, 3.8) is 0 Å². The lowest BCUT2D eigenvalue weighted by atomic mass is 10.00. The van der Waals surface area contributed by atoms with E-state index in [0.29, 0.717) is 11.4 Å². The normalized spacial score (nSPS) is 17.6. The van der Waals surface area contributed by atoms with Crippen LogP contribution in [0.5, 0.6) is 11.5 Å². The monoisotopic (exact) mass is 460 g/mol. The van der Waals surface area contributed by atoms with Gasteiger partial charge in [0.15, 0.2) is 0 Å². The van der Waals surface area contributed by atoms with Gasteiger partial charge in [-0.2, -0.15) is 0 Å². The van der Waals surface area contributed by atoms with Gasteiger partial charge in [-0.1, -0.05) is 17.3 Å². The van der Waals surface area contributed by atoms with E-state index in [4.69, 9.17) is 9.47 Å². The molecule has 0 radical (unpaired) electrons. The van der Waals surface area contributed by atoms with E-state index in [2.05, 4.69) is 10.3 Å². The third-order valence-corrected chi connectivity index (χ3v) is 5.71. The highest BCUT2D eigenvalue weighted by atomic mass is 19.1. The van der Waals surface area contributed by atoms with Crippen molar-refractivity contribution in [2.24, 2.45) is 0 Å². The number of aromatic nitrogens is 3. The molecule has 9 heteroatoms. The maximum atomic E-state index is 13.5. The number of hydrogen-bond acceptors (Lipinski definition) is 6. The van der Waals surface area contributed by atoms with Crippen molar-refractivity contribution >= 4 is 11.8 Å². The van der Waals surface area contributed by atoms with Crippen LogP contribution < -0.4 is 9.64 Å². The van der Waals surface area contributed by atoms with Gasteiger partial charge in [0.05, 0.1) is 19.9 Å². The second kappa shape index (κ2) is 8.86. The molecule has 4 aromatic rings. The number of amides is 1. The quantitative estimate of drug-likeness (QED) is 0.454. The van der Waals surface area contributed by atoms with Gasteiger partial charge in [0, 0.05) is 11.3 Å². The lowest BCUT2D eigenvalue weighted by Gasteiger charge is -2.25. The van der Waals surface area contributed by atoms with Crippen LogP contribution in [0.3, 0.4) is 0 Å². The molecule has 172 valence electrons. The highest BCUT2D eigenvalue weighted by Crippen LogP contribution is 2.38. The van der Waals surface area contributed by atoms with Crippen LogP contribution in [0.25, 0.3) is 11.3 Å². The van der Waals surface area contributed by atoms with Crippen LogP contribution in [0.1, 0.15) is 11.6 Å². The minimum absolute atomic E-state index is 0.110. The number of aromatic hydroxyl groups is 1. The maximum Gasteiger partial charge on any atom is 0.415 e. The molecule has 34 heavy (non-hydrogen) atoms. The number of halogens is 1. The van der Waals surface area contributed by atoms with Crippen molar-refractivity contribution < 1.29 is 23.8 Å². The van der Waals surface area contributed by atoms with E-state index in [9.17, 15) is 14.3 Å². The SMILES string of the molecule is COc1ccc(-c2cn(C[C@H]3OC(=O)N(c4ccc(F)cc4)C3c3ccc(O)cc3)nn2)cc1. The summed E-state index contributed by atoms with van der Waals surface area (Å²) in [5.74, 6) is 0.452. The first kappa shape index (κ1) is 21.4. The first-order valence-corrected chi connectivity index (χ1v) is 10.6. The number of rotatable bonds is 6. The number of phenolic OH excluding ortho intramolecular Hbond substituents is 1. The Hall–Kier alpha value is -4.40. The lowest BCUT2D eigenvalue weighted by Crippen LogP contribution is -2.31.